The Balaban J connectivity index is 1.68. The molecule has 0 amide bonds. The van der Waals surface area contributed by atoms with Gasteiger partial charge < -0.3 is 14.9 Å². The molecule has 0 bridgehead atoms. The van der Waals surface area contributed by atoms with Gasteiger partial charge in [0.1, 0.15) is 11.5 Å². The minimum atomic E-state index is 0.0736. The summed E-state index contributed by atoms with van der Waals surface area (Å²) in [5, 5.41) is 0. The van der Waals surface area contributed by atoms with Gasteiger partial charge in [0.2, 0.25) is 0 Å². The van der Waals surface area contributed by atoms with Gasteiger partial charge in [-0.2, -0.15) is 0 Å². The molecule has 1 aliphatic heterocycles. The van der Waals surface area contributed by atoms with E-state index in [0.717, 1.165) is 24.4 Å². The second kappa shape index (κ2) is 4.86. The van der Waals surface area contributed by atoms with Crippen molar-refractivity contribution in [1.82, 2.24) is 0 Å². The van der Waals surface area contributed by atoms with Crippen molar-refractivity contribution in [2.75, 3.05) is 6.61 Å². The van der Waals surface area contributed by atoms with Crippen LogP contribution in [-0.4, -0.2) is 12.6 Å². The molecule has 0 saturated heterocycles. The molecular weight excluding hydrogens is 226 g/mol. The van der Waals surface area contributed by atoms with E-state index in [1.165, 1.54) is 5.56 Å². The van der Waals surface area contributed by atoms with Crippen LogP contribution in [-0.2, 0) is 12.8 Å². The Morgan fingerprint density at radius 1 is 1.22 bits per heavy atom. The first-order valence-electron chi connectivity index (χ1n) is 6.31. The number of nitrogens with two attached hydrogens (primary N) is 1. The minimum absolute atomic E-state index is 0.0736. The third kappa shape index (κ3) is 2.27. The second-order valence-electron chi connectivity index (χ2n) is 4.83. The zero-order valence-corrected chi connectivity index (χ0v) is 10.2. The molecule has 3 nitrogen and oxygen atoms in total. The Labute approximate surface area is 107 Å². The second-order valence-corrected chi connectivity index (χ2v) is 4.83. The van der Waals surface area contributed by atoms with E-state index >= 15 is 0 Å². The molecule has 0 saturated carbocycles. The zero-order chi connectivity index (χ0) is 12.4. The molecule has 0 radical (unpaired) electrons. The lowest BCUT2D eigenvalue weighted by molar-refractivity contribution is 0.196. The van der Waals surface area contributed by atoms with Crippen LogP contribution in [0.3, 0.4) is 0 Å². The van der Waals surface area contributed by atoms with E-state index in [1.54, 1.807) is 6.26 Å². The average Bonchev–Trinajstić information content (AvgIpc) is 2.91. The van der Waals surface area contributed by atoms with Crippen molar-refractivity contribution in [3.8, 4) is 5.75 Å². The molecule has 1 aromatic carbocycles. The minimum Gasteiger partial charge on any atom is -0.493 e. The summed E-state index contributed by atoms with van der Waals surface area (Å²) in [7, 11) is 0. The lowest BCUT2D eigenvalue weighted by Crippen LogP contribution is -2.39. The Bertz CT molecular complexity index is 507. The highest BCUT2D eigenvalue weighted by molar-refractivity contribution is 5.35. The summed E-state index contributed by atoms with van der Waals surface area (Å²) < 4.78 is 11.1. The predicted molar refractivity (Wildman–Crippen MR) is 69.5 cm³/mol. The van der Waals surface area contributed by atoms with Crippen LogP contribution in [0.15, 0.2) is 47.1 Å². The highest BCUT2D eigenvalue weighted by Crippen LogP contribution is 2.28. The molecule has 18 heavy (non-hydrogen) atoms. The Hall–Kier alpha value is -1.74. The van der Waals surface area contributed by atoms with Gasteiger partial charge in [-0.05, 0) is 30.2 Å². The number of para-hydroxylation sites is 1. The van der Waals surface area contributed by atoms with Gasteiger partial charge in [0.05, 0.1) is 12.9 Å². The number of furan rings is 1. The molecule has 1 aromatic heterocycles. The molecule has 0 spiro atoms. The van der Waals surface area contributed by atoms with E-state index in [1.807, 2.05) is 30.3 Å². The predicted octanol–water partition coefficient (Wildman–Crippen LogP) is 2.40. The number of hydrogen-bond acceptors (Lipinski definition) is 3. The molecule has 3 rings (SSSR count). The van der Waals surface area contributed by atoms with Gasteiger partial charge in [-0.25, -0.2) is 0 Å². The largest absolute Gasteiger partial charge is 0.493 e. The first kappa shape index (κ1) is 11.4. The van der Waals surface area contributed by atoms with Crippen LogP contribution in [0.5, 0.6) is 5.75 Å². The van der Waals surface area contributed by atoms with Gasteiger partial charge in [0.25, 0.3) is 0 Å². The first-order chi connectivity index (χ1) is 8.83. The lowest BCUT2D eigenvalue weighted by atomic mass is 9.89. The summed E-state index contributed by atoms with van der Waals surface area (Å²) in [6, 6.07) is 12.1. The van der Waals surface area contributed by atoms with Crippen molar-refractivity contribution in [3.63, 3.8) is 0 Å². The molecular formula is C15H17NO2. The summed E-state index contributed by atoms with van der Waals surface area (Å²) in [6.07, 6.45) is 3.44. The van der Waals surface area contributed by atoms with Crippen LogP contribution in [0.1, 0.15) is 11.3 Å². The fraction of sp³-hybridized carbons (Fsp3) is 0.333. The topological polar surface area (TPSA) is 48.4 Å². The highest BCUT2D eigenvalue weighted by Gasteiger charge is 2.25. The summed E-state index contributed by atoms with van der Waals surface area (Å²) in [4.78, 5) is 0. The van der Waals surface area contributed by atoms with Crippen LogP contribution in [0.25, 0.3) is 0 Å². The molecule has 1 aliphatic rings. The van der Waals surface area contributed by atoms with Crippen LogP contribution in [0, 0.1) is 5.92 Å². The van der Waals surface area contributed by atoms with Crippen LogP contribution >= 0.6 is 0 Å². The lowest BCUT2D eigenvalue weighted by Gasteiger charge is -2.29. The SMILES string of the molecule is NC(Cc1ccco1)C1COc2ccccc2C1. The fourth-order valence-electron chi connectivity index (χ4n) is 2.45. The van der Waals surface area contributed by atoms with E-state index < -0.39 is 0 Å². The maximum atomic E-state index is 6.26. The molecule has 0 fully saturated rings. The van der Waals surface area contributed by atoms with Gasteiger partial charge in [-0.1, -0.05) is 18.2 Å². The molecule has 2 atom stereocenters. The van der Waals surface area contributed by atoms with Gasteiger partial charge in [0.15, 0.2) is 0 Å². The Morgan fingerprint density at radius 3 is 2.94 bits per heavy atom. The van der Waals surface area contributed by atoms with Gasteiger partial charge >= 0.3 is 0 Å². The molecule has 2 heterocycles. The molecule has 3 heteroatoms. The maximum Gasteiger partial charge on any atom is 0.122 e. The quantitative estimate of drug-likeness (QED) is 0.900. The van der Waals surface area contributed by atoms with E-state index in [9.17, 15) is 0 Å². The summed E-state index contributed by atoms with van der Waals surface area (Å²) in [5.74, 6) is 2.30. The molecule has 2 N–H and O–H groups in total. The number of rotatable bonds is 3. The van der Waals surface area contributed by atoms with Crippen molar-refractivity contribution in [1.29, 1.82) is 0 Å². The maximum absolute atomic E-state index is 6.26. The number of benzene rings is 1. The monoisotopic (exact) mass is 243 g/mol. The third-order valence-electron chi connectivity index (χ3n) is 3.53. The normalized spacial score (nSPS) is 19.9. The molecule has 2 aromatic rings. The average molecular weight is 243 g/mol. The van der Waals surface area contributed by atoms with E-state index in [0.29, 0.717) is 12.5 Å². The van der Waals surface area contributed by atoms with Crippen LogP contribution in [0.4, 0.5) is 0 Å². The number of fused-ring (bicyclic) bond motifs is 1. The fourth-order valence-corrected chi connectivity index (χ4v) is 2.45. The van der Waals surface area contributed by atoms with Crippen LogP contribution < -0.4 is 10.5 Å². The Morgan fingerprint density at radius 2 is 2.11 bits per heavy atom. The Kier molecular flexibility index (Phi) is 3.07. The van der Waals surface area contributed by atoms with Gasteiger partial charge in [-0.15, -0.1) is 0 Å². The van der Waals surface area contributed by atoms with Crippen molar-refractivity contribution in [3.05, 3.63) is 54.0 Å². The summed E-state index contributed by atoms with van der Waals surface area (Å²) >= 11 is 0. The summed E-state index contributed by atoms with van der Waals surface area (Å²) in [5.41, 5.74) is 7.51. The van der Waals surface area contributed by atoms with Crippen molar-refractivity contribution in [2.45, 2.75) is 18.9 Å². The molecule has 94 valence electrons. The van der Waals surface area contributed by atoms with E-state index in [2.05, 4.69) is 6.07 Å². The smallest absolute Gasteiger partial charge is 0.122 e. The highest BCUT2D eigenvalue weighted by atomic mass is 16.5. The van der Waals surface area contributed by atoms with Crippen molar-refractivity contribution >= 4 is 0 Å². The van der Waals surface area contributed by atoms with E-state index in [4.69, 9.17) is 14.9 Å². The van der Waals surface area contributed by atoms with Gasteiger partial charge in [0, 0.05) is 18.4 Å². The molecule has 2 unspecified atom stereocenters. The standard InChI is InChI=1S/C15H17NO2/c16-14(9-13-5-3-7-17-13)12-8-11-4-1-2-6-15(11)18-10-12/h1-7,12,14H,8-10,16H2. The van der Waals surface area contributed by atoms with Crippen molar-refractivity contribution in [2.24, 2.45) is 11.7 Å². The van der Waals surface area contributed by atoms with Crippen LogP contribution in [0.2, 0.25) is 0 Å². The zero-order valence-electron chi connectivity index (χ0n) is 10.2. The number of ether oxygens (including phenoxy) is 1. The third-order valence-corrected chi connectivity index (χ3v) is 3.53. The summed E-state index contributed by atoms with van der Waals surface area (Å²) in [6.45, 7) is 0.693. The van der Waals surface area contributed by atoms with Crippen molar-refractivity contribution < 1.29 is 9.15 Å². The number of hydrogen-bond donors (Lipinski definition) is 1. The first-order valence-corrected chi connectivity index (χ1v) is 6.31. The van der Waals surface area contributed by atoms with Gasteiger partial charge in [-0.3, -0.25) is 0 Å². The molecule has 0 aliphatic carbocycles. The van der Waals surface area contributed by atoms with E-state index in [-0.39, 0.29) is 6.04 Å².